The van der Waals surface area contributed by atoms with Gasteiger partial charge in [0.2, 0.25) is 6.29 Å². The highest BCUT2D eigenvalue weighted by atomic mass is 16.7. The molecule has 0 amide bonds. The Morgan fingerprint density at radius 2 is 2.12 bits per heavy atom. The molecule has 1 aromatic carbocycles. The molecule has 2 heterocycles. The van der Waals surface area contributed by atoms with Gasteiger partial charge in [-0.25, -0.2) is 0 Å². The standard InChI is InChI=1S/C12H15NO3/c1-2-4-11-10(3-1)14-8-12(16-11)15-9-5-6-13-7-9/h1-4,9,12-13H,5-8H2. The first-order valence-corrected chi connectivity index (χ1v) is 5.66. The van der Waals surface area contributed by atoms with Gasteiger partial charge in [0.05, 0.1) is 6.10 Å². The van der Waals surface area contributed by atoms with E-state index in [4.69, 9.17) is 14.2 Å². The van der Waals surface area contributed by atoms with Gasteiger partial charge in [-0.2, -0.15) is 0 Å². The van der Waals surface area contributed by atoms with Gasteiger partial charge in [-0.05, 0) is 25.1 Å². The van der Waals surface area contributed by atoms with Gasteiger partial charge in [-0.1, -0.05) is 12.1 Å². The van der Waals surface area contributed by atoms with Crippen molar-refractivity contribution in [2.45, 2.75) is 18.8 Å². The third-order valence-electron chi connectivity index (χ3n) is 2.84. The molecule has 1 N–H and O–H groups in total. The van der Waals surface area contributed by atoms with E-state index in [-0.39, 0.29) is 12.4 Å². The fourth-order valence-corrected chi connectivity index (χ4v) is 2.03. The number of benzene rings is 1. The third kappa shape index (κ3) is 1.99. The lowest BCUT2D eigenvalue weighted by atomic mass is 10.3. The largest absolute Gasteiger partial charge is 0.483 e. The van der Waals surface area contributed by atoms with E-state index in [1.54, 1.807) is 0 Å². The summed E-state index contributed by atoms with van der Waals surface area (Å²) in [6.45, 7) is 2.39. The summed E-state index contributed by atoms with van der Waals surface area (Å²) in [4.78, 5) is 0. The fourth-order valence-electron chi connectivity index (χ4n) is 2.03. The number of para-hydroxylation sites is 2. The lowest BCUT2D eigenvalue weighted by Crippen LogP contribution is -2.35. The molecule has 0 aromatic heterocycles. The summed E-state index contributed by atoms with van der Waals surface area (Å²) in [5, 5.41) is 3.26. The van der Waals surface area contributed by atoms with Crippen molar-refractivity contribution in [3.8, 4) is 11.5 Å². The van der Waals surface area contributed by atoms with E-state index in [1.807, 2.05) is 24.3 Å². The van der Waals surface area contributed by atoms with Crippen molar-refractivity contribution in [3.05, 3.63) is 24.3 Å². The lowest BCUT2D eigenvalue weighted by molar-refractivity contribution is -0.142. The predicted octanol–water partition coefficient (Wildman–Crippen LogP) is 1.16. The SMILES string of the molecule is c1ccc2c(c1)OCC(OC1CCNC1)O2. The summed E-state index contributed by atoms with van der Waals surface area (Å²) in [7, 11) is 0. The van der Waals surface area contributed by atoms with Crippen LogP contribution >= 0.6 is 0 Å². The highest BCUT2D eigenvalue weighted by molar-refractivity contribution is 5.40. The second kappa shape index (κ2) is 4.31. The molecule has 0 spiro atoms. The normalized spacial score (nSPS) is 28.0. The molecule has 2 aliphatic heterocycles. The van der Waals surface area contributed by atoms with Crippen LogP contribution in [0.1, 0.15) is 6.42 Å². The van der Waals surface area contributed by atoms with Gasteiger partial charge in [0, 0.05) is 6.54 Å². The molecule has 2 atom stereocenters. The summed E-state index contributed by atoms with van der Waals surface area (Å²) in [5.74, 6) is 1.57. The van der Waals surface area contributed by atoms with Crippen molar-refractivity contribution in [2.75, 3.05) is 19.7 Å². The molecule has 0 saturated carbocycles. The summed E-state index contributed by atoms with van der Waals surface area (Å²) < 4.78 is 17.1. The molecule has 0 bridgehead atoms. The van der Waals surface area contributed by atoms with Crippen LogP contribution < -0.4 is 14.8 Å². The van der Waals surface area contributed by atoms with E-state index in [0.29, 0.717) is 6.61 Å². The van der Waals surface area contributed by atoms with Crippen molar-refractivity contribution >= 4 is 0 Å². The highest BCUT2D eigenvalue weighted by Gasteiger charge is 2.25. The summed E-state index contributed by atoms with van der Waals surface area (Å²) >= 11 is 0. The first-order valence-electron chi connectivity index (χ1n) is 5.66. The van der Waals surface area contributed by atoms with Gasteiger partial charge in [0.15, 0.2) is 18.1 Å². The second-order valence-electron chi connectivity index (χ2n) is 4.06. The zero-order valence-corrected chi connectivity index (χ0v) is 9.02. The zero-order valence-electron chi connectivity index (χ0n) is 9.02. The Bertz CT molecular complexity index is 363. The summed E-state index contributed by atoms with van der Waals surface area (Å²) in [5.41, 5.74) is 0. The third-order valence-corrected chi connectivity index (χ3v) is 2.84. The fraction of sp³-hybridized carbons (Fsp3) is 0.500. The van der Waals surface area contributed by atoms with Gasteiger partial charge in [-0.15, -0.1) is 0 Å². The van der Waals surface area contributed by atoms with E-state index in [2.05, 4.69) is 5.32 Å². The quantitative estimate of drug-likeness (QED) is 0.813. The summed E-state index contributed by atoms with van der Waals surface area (Å²) in [6.07, 6.45) is 1.01. The molecule has 1 saturated heterocycles. The van der Waals surface area contributed by atoms with E-state index >= 15 is 0 Å². The Morgan fingerprint density at radius 1 is 1.25 bits per heavy atom. The number of rotatable bonds is 2. The highest BCUT2D eigenvalue weighted by Crippen LogP contribution is 2.31. The van der Waals surface area contributed by atoms with E-state index in [9.17, 15) is 0 Å². The molecule has 16 heavy (non-hydrogen) atoms. The first kappa shape index (κ1) is 9.93. The first-order chi connectivity index (χ1) is 7.92. The molecule has 2 unspecified atom stereocenters. The number of ether oxygens (including phenoxy) is 3. The Kier molecular flexibility index (Phi) is 2.68. The maximum Gasteiger partial charge on any atom is 0.234 e. The Morgan fingerprint density at radius 3 is 2.94 bits per heavy atom. The van der Waals surface area contributed by atoms with Crippen LogP contribution in [-0.2, 0) is 4.74 Å². The van der Waals surface area contributed by atoms with Crippen LogP contribution in [0.5, 0.6) is 11.5 Å². The minimum Gasteiger partial charge on any atom is -0.483 e. The van der Waals surface area contributed by atoms with Crippen LogP contribution in [0, 0.1) is 0 Å². The minimum atomic E-state index is -0.278. The molecule has 1 fully saturated rings. The van der Waals surface area contributed by atoms with Crippen molar-refractivity contribution in [2.24, 2.45) is 0 Å². The van der Waals surface area contributed by atoms with Crippen LogP contribution in [0.4, 0.5) is 0 Å². The molecule has 4 heteroatoms. The van der Waals surface area contributed by atoms with Gasteiger partial charge >= 0.3 is 0 Å². The molecule has 86 valence electrons. The Balaban J connectivity index is 1.63. The van der Waals surface area contributed by atoms with Crippen LogP contribution in [0.25, 0.3) is 0 Å². The smallest absolute Gasteiger partial charge is 0.234 e. The van der Waals surface area contributed by atoms with Crippen LogP contribution in [0.3, 0.4) is 0 Å². The topological polar surface area (TPSA) is 39.7 Å². The Labute approximate surface area is 94.5 Å². The molecular weight excluding hydrogens is 206 g/mol. The van der Waals surface area contributed by atoms with Gasteiger partial charge in [0.25, 0.3) is 0 Å². The lowest BCUT2D eigenvalue weighted by Gasteiger charge is -2.28. The average Bonchev–Trinajstić information content (AvgIpc) is 2.82. The molecule has 1 aromatic rings. The number of nitrogens with one attached hydrogen (secondary N) is 1. The van der Waals surface area contributed by atoms with Gasteiger partial charge in [-0.3, -0.25) is 0 Å². The minimum absolute atomic E-state index is 0.249. The number of fused-ring (bicyclic) bond motifs is 1. The second-order valence-corrected chi connectivity index (χ2v) is 4.06. The van der Waals surface area contributed by atoms with Crippen LogP contribution in [0.15, 0.2) is 24.3 Å². The van der Waals surface area contributed by atoms with Crippen LogP contribution in [-0.4, -0.2) is 32.1 Å². The van der Waals surface area contributed by atoms with E-state index in [0.717, 1.165) is 31.0 Å². The molecule has 4 nitrogen and oxygen atoms in total. The number of hydrogen-bond acceptors (Lipinski definition) is 4. The Hall–Kier alpha value is -1.26. The van der Waals surface area contributed by atoms with Crippen molar-refractivity contribution in [1.29, 1.82) is 0 Å². The predicted molar refractivity (Wildman–Crippen MR) is 58.7 cm³/mol. The molecule has 3 rings (SSSR count). The van der Waals surface area contributed by atoms with Gasteiger partial charge < -0.3 is 19.5 Å². The maximum absolute atomic E-state index is 5.80. The molecule has 0 aliphatic carbocycles. The average molecular weight is 221 g/mol. The van der Waals surface area contributed by atoms with Crippen molar-refractivity contribution < 1.29 is 14.2 Å². The molecule has 0 radical (unpaired) electrons. The van der Waals surface area contributed by atoms with E-state index < -0.39 is 0 Å². The zero-order chi connectivity index (χ0) is 10.8. The van der Waals surface area contributed by atoms with Crippen molar-refractivity contribution in [1.82, 2.24) is 5.32 Å². The van der Waals surface area contributed by atoms with Crippen LogP contribution in [0.2, 0.25) is 0 Å². The maximum atomic E-state index is 5.80. The number of hydrogen-bond donors (Lipinski definition) is 1. The van der Waals surface area contributed by atoms with Crippen molar-refractivity contribution in [3.63, 3.8) is 0 Å². The monoisotopic (exact) mass is 221 g/mol. The van der Waals surface area contributed by atoms with E-state index in [1.165, 1.54) is 0 Å². The molecular formula is C12H15NO3. The van der Waals surface area contributed by atoms with Gasteiger partial charge in [0.1, 0.15) is 0 Å². The summed E-state index contributed by atoms with van der Waals surface area (Å²) in [6, 6.07) is 7.67. The molecule has 2 aliphatic rings.